The van der Waals surface area contributed by atoms with Crippen molar-refractivity contribution in [1.29, 1.82) is 0 Å². The molecule has 0 radical (unpaired) electrons. The Hall–Kier alpha value is -5.51. The molecule has 0 saturated carbocycles. The summed E-state index contributed by atoms with van der Waals surface area (Å²) in [7, 11) is 0. The van der Waals surface area contributed by atoms with Crippen LogP contribution in [0.15, 0.2) is 97.1 Å². The molecule has 5 aromatic carbocycles. The van der Waals surface area contributed by atoms with Crippen LogP contribution in [-0.2, 0) is 6.54 Å². The van der Waals surface area contributed by atoms with Crippen molar-refractivity contribution in [2.24, 2.45) is 11.5 Å². The highest BCUT2D eigenvalue weighted by atomic mass is 35.5. The summed E-state index contributed by atoms with van der Waals surface area (Å²) in [5.41, 5.74) is 17.3. The molecule has 0 fully saturated rings. The van der Waals surface area contributed by atoms with Gasteiger partial charge in [0.1, 0.15) is 5.82 Å². The van der Waals surface area contributed by atoms with Gasteiger partial charge in [0.25, 0.3) is 17.7 Å². The number of benzene rings is 5. The van der Waals surface area contributed by atoms with Gasteiger partial charge in [0.15, 0.2) is 0 Å². The average molecular weight is 606 g/mol. The number of aromatic nitrogens is 1. The number of nitrogens with one attached hydrogen (secondary N) is 3. The van der Waals surface area contributed by atoms with E-state index in [0.717, 1.165) is 21.9 Å². The summed E-state index contributed by atoms with van der Waals surface area (Å²) in [5, 5.41) is 7.72. The second-order valence-electron chi connectivity index (χ2n) is 10.1. The van der Waals surface area contributed by atoms with Crippen LogP contribution in [0.2, 0.25) is 5.02 Å². The molecular weight excluding hydrogens is 581 g/mol. The van der Waals surface area contributed by atoms with Crippen LogP contribution in [0, 0.1) is 5.82 Å². The summed E-state index contributed by atoms with van der Waals surface area (Å²) < 4.78 is 13.4. The maximum atomic E-state index is 13.4. The first-order valence-corrected chi connectivity index (χ1v) is 14.0. The quantitative estimate of drug-likeness (QED) is 0.136. The lowest BCUT2D eigenvalue weighted by Gasteiger charge is -2.16. The average Bonchev–Trinajstić information content (AvgIpc) is 3.39. The van der Waals surface area contributed by atoms with E-state index in [4.69, 9.17) is 23.1 Å². The number of fused-ring (bicyclic) bond motifs is 3. The molecule has 44 heavy (non-hydrogen) atoms. The SMILES string of the molecule is NCc1c(NC(=O)c2ccc(F)cc2)cccc1-c1ccc(C(N)=O)c2[nH]c3cc(NC(=O)c4cccc(Cl)c4)ccc3c12. The third-order valence-corrected chi connectivity index (χ3v) is 7.62. The highest BCUT2D eigenvalue weighted by molar-refractivity contribution is 6.31. The Labute approximate surface area is 255 Å². The van der Waals surface area contributed by atoms with Crippen LogP contribution in [0.3, 0.4) is 0 Å². The number of amides is 3. The van der Waals surface area contributed by atoms with E-state index < -0.39 is 17.6 Å². The normalized spacial score (nSPS) is 11.1. The number of aromatic amines is 1. The maximum Gasteiger partial charge on any atom is 0.255 e. The van der Waals surface area contributed by atoms with Crippen molar-refractivity contribution in [3.63, 3.8) is 0 Å². The van der Waals surface area contributed by atoms with Crippen molar-refractivity contribution in [2.45, 2.75) is 6.54 Å². The van der Waals surface area contributed by atoms with Crippen LogP contribution in [-0.4, -0.2) is 22.7 Å². The zero-order valence-corrected chi connectivity index (χ0v) is 23.8. The summed E-state index contributed by atoms with van der Waals surface area (Å²) >= 11 is 6.05. The standard InChI is InChI=1S/C34H25ClFN5O3/c35-20-4-1-3-19(15-20)34(44)39-22-11-12-25-29(16-22)40-31-26(32(38)42)14-13-24(30(25)31)23-5-2-6-28(27(23)17-37)41-33(43)18-7-9-21(36)10-8-18/h1-16,40H,17,37H2,(H2,38,42)(H,39,44)(H,41,43). The molecule has 0 spiro atoms. The topological polar surface area (TPSA) is 143 Å². The van der Waals surface area contributed by atoms with Gasteiger partial charge in [0.2, 0.25) is 0 Å². The molecule has 0 bridgehead atoms. The molecule has 6 aromatic rings. The Balaban J connectivity index is 1.44. The molecule has 10 heteroatoms. The smallest absolute Gasteiger partial charge is 0.255 e. The van der Waals surface area contributed by atoms with Gasteiger partial charge < -0.3 is 27.1 Å². The molecule has 7 N–H and O–H groups in total. The first-order valence-electron chi connectivity index (χ1n) is 13.6. The van der Waals surface area contributed by atoms with Gasteiger partial charge in [0, 0.05) is 50.4 Å². The van der Waals surface area contributed by atoms with Gasteiger partial charge in [-0.05, 0) is 83.4 Å². The fourth-order valence-corrected chi connectivity index (χ4v) is 5.52. The molecule has 8 nitrogen and oxygen atoms in total. The lowest BCUT2D eigenvalue weighted by Crippen LogP contribution is -2.15. The van der Waals surface area contributed by atoms with E-state index in [1.807, 2.05) is 12.1 Å². The Kier molecular flexibility index (Phi) is 7.57. The summed E-state index contributed by atoms with van der Waals surface area (Å²) in [6, 6.07) is 26.1. The van der Waals surface area contributed by atoms with Gasteiger partial charge in [-0.25, -0.2) is 4.39 Å². The lowest BCUT2D eigenvalue weighted by atomic mass is 9.92. The van der Waals surface area contributed by atoms with Gasteiger partial charge in [-0.2, -0.15) is 0 Å². The molecule has 0 aliphatic carbocycles. The molecule has 218 valence electrons. The van der Waals surface area contributed by atoms with Crippen LogP contribution in [0.5, 0.6) is 0 Å². The number of hydrogen-bond acceptors (Lipinski definition) is 4. The second kappa shape index (κ2) is 11.6. The van der Waals surface area contributed by atoms with E-state index >= 15 is 0 Å². The van der Waals surface area contributed by atoms with Gasteiger partial charge in [-0.1, -0.05) is 41.9 Å². The van der Waals surface area contributed by atoms with Gasteiger partial charge in [-0.3, -0.25) is 14.4 Å². The fraction of sp³-hybridized carbons (Fsp3) is 0.0294. The molecule has 0 aliphatic rings. The van der Waals surface area contributed by atoms with Crippen LogP contribution in [0.1, 0.15) is 36.6 Å². The van der Waals surface area contributed by atoms with E-state index in [1.165, 1.54) is 24.3 Å². The number of carbonyl (C=O) groups is 3. The zero-order valence-electron chi connectivity index (χ0n) is 23.1. The molecule has 0 aliphatic heterocycles. The minimum absolute atomic E-state index is 0.0936. The summed E-state index contributed by atoms with van der Waals surface area (Å²) in [6.45, 7) is 0.0936. The first-order chi connectivity index (χ1) is 21.2. The predicted octanol–water partition coefficient (Wildman–Crippen LogP) is 6.84. The number of carbonyl (C=O) groups excluding carboxylic acids is 3. The number of nitrogens with two attached hydrogens (primary N) is 2. The number of primary amides is 1. The van der Waals surface area contributed by atoms with Crippen molar-refractivity contribution < 1.29 is 18.8 Å². The first kappa shape index (κ1) is 28.6. The predicted molar refractivity (Wildman–Crippen MR) is 171 cm³/mol. The summed E-state index contributed by atoms with van der Waals surface area (Å²) in [6.07, 6.45) is 0. The van der Waals surface area contributed by atoms with Crippen molar-refractivity contribution in [1.82, 2.24) is 4.98 Å². The van der Waals surface area contributed by atoms with Crippen LogP contribution in [0.25, 0.3) is 32.9 Å². The van der Waals surface area contributed by atoms with Crippen LogP contribution >= 0.6 is 11.6 Å². The lowest BCUT2D eigenvalue weighted by molar-refractivity contribution is 0.0997. The van der Waals surface area contributed by atoms with Gasteiger partial charge >= 0.3 is 0 Å². The largest absolute Gasteiger partial charge is 0.366 e. The van der Waals surface area contributed by atoms with E-state index in [1.54, 1.807) is 60.7 Å². The van der Waals surface area contributed by atoms with Crippen molar-refractivity contribution >= 4 is 62.5 Å². The number of anilines is 2. The third-order valence-electron chi connectivity index (χ3n) is 7.39. The Morgan fingerprint density at radius 3 is 2.27 bits per heavy atom. The van der Waals surface area contributed by atoms with Crippen molar-refractivity contribution in [3.8, 4) is 11.1 Å². The number of hydrogen-bond donors (Lipinski definition) is 5. The van der Waals surface area contributed by atoms with E-state index in [2.05, 4.69) is 15.6 Å². The Bertz CT molecular complexity index is 2110. The van der Waals surface area contributed by atoms with Crippen molar-refractivity contribution in [2.75, 3.05) is 10.6 Å². The molecule has 0 atom stereocenters. The number of H-pyrrole nitrogens is 1. The monoisotopic (exact) mass is 605 g/mol. The third kappa shape index (κ3) is 5.37. The second-order valence-corrected chi connectivity index (χ2v) is 10.6. The molecular formula is C34H25ClFN5O3. The number of halogens is 2. The van der Waals surface area contributed by atoms with E-state index in [9.17, 15) is 18.8 Å². The maximum absolute atomic E-state index is 13.4. The molecule has 0 unspecified atom stereocenters. The number of rotatable bonds is 7. The van der Waals surface area contributed by atoms with Crippen LogP contribution in [0.4, 0.5) is 15.8 Å². The highest BCUT2D eigenvalue weighted by Crippen LogP contribution is 2.40. The molecule has 6 rings (SSSR count). The van der Waals surface area contributed by atoms with E-state index in [0.29, 0.717) is 49.7 Å². The molecule has 3 amide bonds. The molecule has 1 heterocycles. The Morgan fingerprint density at radius 2 is 1.55 bits per heavy atom. The highest BCUT2D eigenvalue weighted by Gasteiger charge is 2.20. The molecule has 1 aromatic heterocycles. The summed E-state index contributed by atoms with van der Waals surface area (Å²) in [5.74, 6) is -1.79. The Morgan fingerprint density at radius 1 is 0.795 bits per heavy atom. The summed E-state index contributed by atoms with van der Waals surface area (Å²) in [4.78, 5) is 41.5. The van der Waals surface area contributed by atoms with Crippen molar-refractivity contribution in [3.05, 3.63) is 130 Å². The molecule has 0 saturated heterocycles. The van der Waals surface area contributed by atoms with Gasteiger partial charge in [0.05, 0.1) is 11.1 Å². The minimum atomic E-state index is -0.609. The minimum Gasteiger partial charge on any atom is -0.366 e. The fourth-order valence-electron chi connectivity index (χ4n) is 5.33. The van der Waals surface area contributed by atoms with E-state index in [-0.39, 0.29) is 12.5 Å². The van der Waals surface area contributed by atoms with Gasteiger partial charge in [-0.15, -0.1) is 0 Å². The zero-order chi connectivity index (χ0) is 31.0. The van der Waals surface area contributed by atoms with Crippen LogP contribution < -0.4 is 22.1 Å².